The van der Waals surface area contributed by atoms with E-state index in [2.05, 4.69) is 15.4 Å². The van der Waals surface area contributed by atoms with E-state index < -0.39 is 0 Å². The zero-order chi connectivity index (χ0) is 14.1. The number of amides is 1. The predicted octanol–water partition coefficient (Wildman–Crippen LogP) is 2.13. The zero-order valence-corrected chi connectivity index (χ0v) is 11.9. The first-order valence-corrected chi connectivity index (χ1v) is 6.88. The average molecular weight is 287 g/mol. The maximum absolute atomic E-state index is 12.1. The van der Waals surface area contributed by atoms with Gasteiger partial charge in [-0.1, -0.05) is 0 Å². The summed E-state index contributed by atoms with van der Waals surface area (Å²) in [6.07, 6.45) is 5.47. The summed E-state index contributed by atoms with van der Waals surface area (Å²) < 4.78 is 3.49. The maximum Gasteiger partial charge on any atom is 0.274 e. The topological polar surface area (TPSA) is 64.7 Å². The Labute approximate surface area is 119 Å². The van der Waals surface area contributed by atoms with Crippen LogP contribution in [0, 0.1) is 0 Å². The van der Waals surface area contributed by atoms with Gasteiger partial charge < -0.3 is 4.57 Å². The van der Waals surface area contributed by atoms with Crippen LogP contribution in [-0.4, -0.2) is 25.2 Å². The van der Waals surface area contributed by atoms with Crippen LogP contribution in [0.5, 0.6) is 0 Å². The van der Waals surface area contributed by atoms with Crippen molar-refractivity contribution in [3.63, 3.8) is 0 Å². The number of carbonyl (C=O) groups is 1. The molecule has 3 heterocycles. The van der Waals surface area contributed by atoms with E-state index in [-0.39, 0.29) is 5.91 Å². The highest BCUT2D eigenvalue weighted by atomic mass is 32.1. The van der Waals surface area contributed by atoms with Gasteiger partial charge in [-0.3, -0.25) is 14.8 Å². The molecular weight excluding hydrogens is 274 g/mol. The van der Waals surface area contributed by atoms with Gasteiger partial charge in [-0.2, -0.15) is 5.10 Å². The van der Waals surface area contributed by atoms with Crippen molar-refractivity contribution in [1.29, 1.82) is 0 Å². The largest absolute Gasteiger partial charge is 0.347 e. The van der Waals surface area contributed by atoms with E-state index in [4.69, 9.17) is 0 Å². The minimum atomic E-state index is -0.162. The number of thiazole rings is 1. The smallest absolute Gasteiger partial charge is 0.274 e. The molecule has 7 heteroatoms. The lowest BCUT2D eigenvalue weighted by Crippen LogP contribution is -2.15. The lowest BCUT2D eigenvalue weighted by Gasteiger charge is -2.02. The van der Waals surface area contributed by atoms with Crippen LogP contribution in [0.3, 0.4) is 0 Å². The lowest BCUT2D eigenvalue weighted by molar-refractivity contribution is 0.101. The first-order valence-electron chi connectivity index (χ1n) is 6.01. The van der Waals surface area contributed by atoms with Crippen molar-refractivity contribution in [3.8, 4) is 11.3 Å². The molecule has 0 saturated carbocycles. The molecule has 3 aromatic heterocycles. The Morgan fingerprint density at radius 3 is 2.90 bits per heavy atom. The molecule has 3 rings (SSSR count). The van der Waals surface area contributed by atoms with Crippen LogP contribution in [0.1, 0.15) is 10.5 Å². The first kappa shape index (κ1) is 12.6. The third-order valence-corrected chi connectivity index (χ3v) is 3.66. The van der Waals surface area contributed by atoms with E-state index in [9.17, 15) is 4.79 Å². The monoisotopic (exact) mass is 287 g/mol. The number of aryl methyl sites for hydroxylation is 2. The second kappa shape index (κ2) is 4.93. The fourth-order valence-electron chi connectivity index (χ4n) is 1.88. The highest BCUT2D eigenvalue weighted by Crippen LogP contribution is 2.24. The van der Waals surface area contributed by atoms with Gasteiger partial charge in [0.05, 0.1) is 11.9 Å². The number of nitrogens with zero attached hydrogens (tertiary/aromatic N) is 4. The van der Waals surface area contributed by atoms with Crippen LogP contribution >= 0.6 is 11.3 Å². The molecule has 0 saturated heterocycles. The molecule has 6 nitrogen and oxygen atoms in total. The maximum atomic E-state index is 12.1. The first-order chi connectivity index (χ1) is 9.63. The Morgan fingerprint density at radius 1 is 1.40 bits per heavy atom. The van der Waals surface area contributed by atoms with Crippen LogP contribution in [0.2, 0.25) is 0 Å². The Hall–Kier alpha value is -2.41. The van der Waals surface area contributed by atoms with Gasteiger partial charge in [-0.15, -0.1) is 11.3 Å². The molecule has 20 heavy (non-hydrogen) atoms. The minimum absolute atomic E-state index is 0.162. The van der Waals surface area contributed by atoms with E-state index in [1.807, 2.05) is 37.9 Å². The number of anilines is 1. The highest BCUT2D eigenvalue weighted by Gasteiger charge is 2.12. The summed E-state index contributed by atoms with van der Waals surface area (Å²) in [5, 5.41) is 9.39. The fourth-order valence-corrected chi connectivity index (χ4v) is 2.59. The molecule has 0 aliphatic carbocycles. The third-order valence-electron chi connectivity index (χ3n) is 2.90. The molecule has 0 bridgehead atoms. The van der Waals surface area contributed by atoms with E-state index in [0.29, 0.717) is 10.8 Å². The van der Waals surface area contributed by atoms with Crippen LogP contribution in [0.15, 0.2) is 36.1 Å². The molecule has 0 fully saturated rings. The quantitative estimate of drug-likeness (QED) is 0.802. The molecule has 0 aromatic carbocycles. The molecule has 1 amide bonds. The second-order valence-corrected chi connectivity index (χ2v) is 5.26. The van der Waals surface area contributed by atoms with Crippen molar-refractivity contribution in [2.45, 2.75) is 0 Å². The summed E-state index contributed by atoms with van der Waals surface area (Å²) in [6.45, 7) is 0. The summed E-state index contributed by atoms with van der Waals surface area (Å²) in [4.78, 5) is 16.5. The van der Waals surface area contributed by atoms with Gasteiger partial charge in [0.1, 0.15) is 5.69 Å². The van der Waals surface area contributed by atoms with Crippen molar-refractivity contribution >= 4 is 22.4 Å². The molecule has 0 spiro atoms. The fraction of sp³-hybridized carbons (Fsp3) is 0.154. The van der Waals surface area contributed by atoms with Gasteiger partial charge >= 0.3 is 0 Å². The summed E-state index contributed by atoms with van der Waals surface area (Å²) in [6, 6.07) is 3.60. The van der Waals surface area contributed by atoms with Crippen molar-refractivity contribution in [2.75, 3.05) is 5.32 Å². The SMILES string of the molecule is Cn1cc(-c2csc(NC(=O)c3cccn3C)n2)cn1. The van der Waals surface area contributed by atoms with Crippen molar-refractivity contribution in [2.24, 2.45) is 14.1 Å². The average Bonchev–Trinajstić information content (AvgIpc) is 3.10. The molecule has 0 radical (unpaired) electrons. The zero-order valence-electron chi connectivity index (χ0n) is 11.1. The van der Waals surface area contributed by atoms with Gasteiger partial charge in [0.15, 0.2) is 5.13 Å². The highest BCUT2D eigenvalue weighted by molar-refractivity contribution is 7.14. The van der Waals surface area contributed by atoms with Crippen molar-refractivity contribution < 1.29 is 4.79 Å². The Kier molecular flexibility index (Phi) is 3.11. The number of hydrogen-bond acceptors (Lipinski definition) is 4. The normalized spacial score (nSPS) is 10.7. The molecule has 3 aromatic rings. The van der Waals surface area contributed by atoms with Gasteiger partial charge in [-0.05, 0) is 12.1 Å². The Morgan fingerprint density at radius 2 is 2.25 bits per heavy atom. The Bertz CT molecular complexity index is 754. The third kappa shape index (κ3) is 2.35. The van der Waals surface area contributed by atoms with E-state index in [1.165, 1.54) is 11.3 Å². The van der Waals surface area contributed by atoms with E-state index in [0.717, 1.165) is 11.3 Å². The molecule has 0 aliphatic heterocycles. The van der Waals surface area contributed by atoms with Crippen LogP contribution < -0.4 is 5.32 Å². The summed E-state index contributed by atoms with van der Waals surface area (Å²) in [5.41, 5.74) is 2.34. The molecule has 0 atom stereocenters. The van der Waals surface area contributed by atoms with Crippen molar-refractivity contribution in [3.05, 3.63) is 41.8 Å². The van der Waals surface area contributed by atoms with Gasteiger partial charge in [-0.25, -0.2) is 4.98 Å². The van der Waals surface area contributed by atoms with Crippen molar-refractivity contribution in [1.82, 2.24) is 19.3 Å². The van der Waals surface area contributed by atoms with E-state index in [1.54, 1.807) is 21.5 Å². The van der Waals surface area contributed by atoms with E-state index >= 15 is 0 Å². The second-order valence-electron chi connectivity index (χ2n) is 4.40. The standard InChI is InChI=1S/C13H13N5OS/c1-17-5-3-4-11(17)12(19)16-13-15-10(8-20-13)9-6-14-18(2)7-9/h3-8H,1-2H3,(H,15,16,19). The Balaban J connectivity index is 1.78. The van der Waals surface area contributed by atoms with Gasteiger partial charge in [0.2, 0.25) is 0 Å². The van der Waals surface area contributed by atoms with Crippen LogP contribution in [0.25, 0.3) is 11.3 Å². The van der Waals surface area contributed by atoms with Crippen LogP contribution in [-0.2, 0) is 14.1 Å². The number of hydrogen-bond donors (Lipinski definition) is 1. The lowest BCUT2D eigenvalue weighted by atomic mass is 10.3. The predicted molar refractivity (Wildman–Crippen MR) is 77.7 cm³/mol. The molecular formula is C13H13N5OS. The molecule has 0 aliphatic rings. The van der Waals surface area contributed by atoms with Gasteiger partial charge in [0.25, 0.3) is 5.91 Å². The molecule has 0 unspecified atom stereocenters. The van der Waals surface area contributed by atoms with Gasteiger partial charge in [0, 0.05) is 37.4 Å². The number of nitrogens with one attached hydrogen (secondary N) is 1. The summed E-state index contributed by atoms with van der Waals surface area (Å²) in [5.74, 6) is -0.162. The van der Waals surface area contributed by atoms with Crippen LogP contribution in [0.4, 0.5) is 5.13 Å². The molecule has 102 valence electrons. The summed E-state index contributed by atoms with van der Waals surface area (Å²) >= 11 is 1.40. The number of carbonyl (C=O) groups excluding carboxylic acids is 1. The number of aromatic nitrogens is 4. The molecule has 1 N–H and O–H groups in total. The minimum Gasteiger partial charge on any atom is -0.347 e. The summed E-state index contributed by atoms with van der Waals surface area (Å²) in [7, 11) is 3.69. The number of rotatable bonds is 3.